The average Bonchev–Trinajstić information content (AvgIpc) is 3.32. The fourth-order valence-electron chi connectivity index (χ4n) is 3.52. The molecule has 1 aliphatic carbocycles. The first-order chi connectivity index (χ1) is 11.7. The molecule has 2 aliphatic rings. The number of nitrogens with zero attached hydrogens (tertiary/aromatic N) is 3. The summed E-state index contributed by atoms with van der Waals surface area (Å²) in [6.45, 7) is 5.65. The van der Waals surface area contributed by atoms with E-state index in [-0.39, 0.29) is 11.9 Å². The second kappa shape index (κ2) is 6.40. The van der Waals surface area contributed by atoms with E-state index in [9.17, 15) is 4.79 Å². The molecule has 0 bridgehead atoms. The van der Waals surface area contributed by atoms with Crippen LogP contribution in [0.2, 0.25) is 0 Å². The molecule has 1 atom stereocenters. The van der Waals surface area contributed by atoms with Crippen LogP contribution < -0.4 is 0 Å². The summed E-state index contributed by atoms with van der Waals surface area (Å²) < 4.78 is 0. The number of aromatic nitrogens is 2. The van der Waals surface area contributed by atoms with Crippen molar-refractivity contribution >= 4 is 5.91 Å². The molecule has 24 heavy (non-hydrogen) atoms. The van der Waals surface area contributed by atoms with Crippen molar-refractivity contribution in [3.8, 4) is 0 Å². The lowest BCUT2D eigenvalue weighted by Crippen LogP contribution is -2.53. The predicted molar refractivity (Wildman–Crippen MR) is 92.8 cm³/mol. The Balaban J connectivity index is 1.38. The van der Waals surface area contributed by atoms with Gasteiger partial charge in [0.2, 0.25) is 0 Å². The van der Waals surface area contributed by atoms with E-state index < -0.39 is 0 Å². The Hall–Kier alpha value is -2.14. The molecule has 1 aromatic heterocycles. The van der Waals surface area contributed by atoms with Crippen LogP contribution in [-0.4, -0.2) is 51.6 Å². The molecule has 5 nitrogen and oxygen atoms in total. The summed E-state index contributed by atoms with van der Waals surface area (Å²) >= 11 is 0. The van der Waals surface area contributed by atoms with Gasteiger partial charge in [0.15, 0.2) is 0 Å². The van der Waals surface area contributed by atoms with Crippen LogP contribution in [0.1, 0.15) is 47.4 Å². The first-order valence-corrected chi connectivity index (χ1v) is 8.83. The van der Waals surface area contributed by atoms with Gasteiger partial charge in [0.1, 0.15) is 5.69 Å². The van der Waals surface area contributed by atoms with Gasteiger partial charge in [-0.25, -0.2) is 0 Å². The van der Waals surface area contributed by atoms with E-state index in [1.165, 1.54) is 18.4 Å². The number of hydrogen-bond donors (Lipinski definition) is 1. The second-order valence-corrected chi connectivity index (χ2v) is 7.05. The molecule has 0 radical (unpaired) electrons. The maximum Gasteiger partial charge on any atom is 0.274 e. The van der Waals surface area contributed by atoms with E-state index in [0.29, 0.717) is 11.6 Å². The highest BCUT2D eigenvalue weighted by Crippen LogP contribution is 2.39. The van der Waals surface area contributed by atoms with Crippen molar-refractivity contribution in [2.24, 2.45) is 0 Å². The minimum atomic E-state index is 0.0602. The van der Waals surface area contributed by atoms with E-state index in [4.69, 9.17) is 0 Å². The summed E-state index contributed by atoms with van der Waals surface area (Å²) in [5.74, 6) is 0.657. The third-order valence-electron chi connectivity index (χ3n) is 5.06. The van der Waals surface area contributed by atoms with Crippen molar-refractivity contribution in [2.45, 2.75) is 38.3 Å². The molecule has 2 fully saturated rings. The molecule has 126 valence electrons. The smallest absolute Gasteiger partial charge is 0.274 e. The normalized spacial score (nSPS) is 21.9. The van der Waals surface area contributed by atoms with Crippen molar-refractivity contribution in [1.29, 1.82) is 0 Å². The SMILES string of the molecule is C[C@@H]1CN(Cc2ccccc2)CCN1C(=O)c1cc(C2CC2)[nH]n1. The van der Waals surface area contributed by atoms with Crippen LogP contribution >= 0.6 is 0 Å². The molecule has 1 aliphatic heterocycles. The maximum absolute atomic E-state index is 12.8. The summed E-state index contributed by atoms with van der Waals surface area (Å²) in [5, 5.41) is 7.28. The lowest BCUT2D eigenvalue weighted by molar-refractivity contribution is 0.0470. The first kappa shape index (κ1) is 15.4. The lowest BCUT2D eigenvalue weighted by atomic mass is 10.1. The van der Waals surface area contributed by atoms with Gasteiger partial charge in [0.05, 0.1) is 0 Å². The van der Waals surface area contributed by atoms with E-state index in [2.05, 4.69) is 46.3 Å². The third-order valence-corrected chi connectivity index (χ3v) is 5.06. The van der Waals surface area contributed by atoms with Gasteiger partial charge in [-0.15, -0.1) is 0 Å². The first-order valence-electron chi connectivity index (χ1n) is 8.83. The molecule has 2 heterocycles. The number of hydrogen-bond acceptors (Lipinski definition) is 3. The number of carbonyl (C=O) groups excluding carboxylic acids is 1. The minimum absolute atomic E-state index is 0.0602. The number of piperazine rings is 1. The van der Waals surface area contributed by atoms with Gasteiger partial charge < -0.3 is 4.90 Å². The summed E-state index contributed by atoms with van der Waals surface area (Å²) in [5.41, 5.74) is 3.01. The number of rotatable bonds is 4. The van der Waals surface area contributed by atoms with Gasteiger partial charge in [0.25, 0.3) is 5.91 Å². The molecular weight excluding hydrogens is 300 g/mol. The maximum atomic E-state index is 12.8. The number of H-pyrrole nitrogens is 1. The highest BCUT2D eigenvalue weighted by atomic mass is 16.2. The van der Waals surface area contributed by atoms with Crippen molar-refractivity contribution in [2.75, 3.05) is 19.6 Å². The Kier molecular flexibility index (Phi) is 4.10. The molecule has 2 aromatic rings. The van der Waals surface area contributed by atoms with Gasteiger partial charge in [-0.2, -0.15) is 5.10 Å². The van der Waals surface area contributed by atoms with Crippen molar-refractivity contribution in [1.82, 2.24) is 20.0 Å². The van der Waals surface area contributed by atoms with Crippen LogP contribution in [0, 0.1) is 0 Å². The molecule has 1 saturated carbocycles. The standard InChI is InChI=1S/C19H24N4O/c1-14-12-22(13-15-5-3-2-4-6-15)9-10-23(14)19(24)18-11-17(20-21-18)16-7-8-16/h2-6,11,14,16H,7-10,12-13H2,1H3,(H,20,21)/t14-/m1/s1. The zero-order valence-corrected chi connectivity index (χ0v) is 14.1. The second-order valence-electron chi connectivity index (χ2n) is 7.05. The van der Waals surface area contributed by atoms with Gasteiger partial charge in [-0.1, -0.05) is 30.3 Å². The minimum Gasteiger partial charge on any atom is -0.332 e. The summed E-state index contributed by atoms with van der Waals surface area (Å²) in [6, 6.07) is 12.7. The molecule has 1 aromatic carbocycles. The molecule has 0 unspecified atom stereocenters. The average molecular weight is 324 g/mol. The molecule has 1 amide bonds. The fourth-order valence-corrected chi connectivity index (χ4v) is 3.52. The molecule has 4 rings (SSSR count). The number of nitrogens with one attached hydrogen (secondary N) is 1. The molecular formula is C19H24N4O. The van der Waals surface area contributed by atoms with Crippen molar-refractivity contribution in [3.05, 3.63) is 53.3 Å². The Bertz CT molecular complexity index is 707. The lowest BCUT2D eigenvalue weighted by Gasteiger charge is -2.39. The summed E-state index contributed by atoms with van der Waals surface area (Å²) in [4.78, 5) is 17.1. The van der Waals surface area contributed by atoms with Crippen molar-refractivity contribution in [3.63, 3.8) is 0 Å². The molecule has 5 heteroatoms. The Morgan fingerprint density at radius 3 is 2.75 bits per heavy atom. The molecule has 1 N–H and O–H groups in total. The zero-order chi connectivity index (χ0) is 16.5. The highest BCUT2D eigenvalue weighted by Gasteiger charge is 2.31. The number of aromatic amines is 1. The van der Waals surface area contributed by atoms with E-state index >= 15 is 0 Å². The van der Waals surface area contributed by atoms with E-state index in [1.54, 1.807) is 0 Å². The topological polar surface area (TPSA) is 52.2 Å². The largest absolute Gasteiger partial charge is 0.332 e. The Morgan fingerprint density at radius 2 is 2.04 bits per heavy atom. The molecule has 0 spiro atoms. The number of carbonyl (C=O) groups is 1. The molecule has 1 saturated heterocycles. The van der Waals surface area contributed by atoms with Gasteiger partial charge in [0, 0.05) is 43.8 Å². The van der Waals surface area contributed by atoms with Crippen LogP contribution in [-0.2, 0) is 6.54 Å². The Morgan fingerprint density at radius 1 is 1.25 bits per heavy atom. The van der Waals surface area contributed by atoms with Crippen LogP contribution in [0.5, 0.6) is 0 Å². The van der Waals surface area contributed by atoms with E-state index in [1.807, 2.05) is 17.0 Å². The number of benzene rings is 1. The summed E-state index contributed by atoms with van der Waals surface area (Å²) in [6.07, 6.45) is 2.43. The Labute approximate surface area is 142 Å². The van der Waals surface area contributed by atoms with Crippen LogP contribution in [0.4, 0.5) is 0 Å². The monoisotopic (exact) mass is 324 g/mol. The van der Waals surface area contributed by atoms with Gasteiger partial charge in [-0.05, 0) is 31.4 Å². The predicted octanol–water partition coefficient (Wildman–Crippen LogP) is 2.63. The van der Waals surface area contributed by atoms with Crippen LogP contribution in [0.25, 0.3) is 0 Å². The van der Waals surface area contributed by atoms with E-state index in [0.717, 1.165) is 31.9 Å². The fraction of sp³-hybridized carbons (Fsp3) is 0.474. The zero-order valence-electron chi connectivity index (χ0n) is 14.1. The quantitative estimate of drug-likeness (QED) is 0.940. The number of amides is 1. The van der Waals surface area contributed by atoms with Crippen molar-refractivity contribution < 1.29 is 4.79 Å². The van der Waals surface area contributed by atoms with Crippen LogP contribution in [0.3, 0.4) is 0 Å². The highest BCUT2D eigenvalue weighted by molar-refractivity contribution is 5.92. The van der Waals surface area contributed by atoms with Crippen LogP contribution in [0.15, 0.2) is 36.4 Å². The van der Waals surface area contributed by atoms with Gasteiger partial charge >= 0.3 is 0 Å². The third kappa shape index (κ3) is 3.22. The van der Waals surface area contributed by atoms with Gasteiger partial charge in [-0.3, -0.25) is 14.8 Å². The summed E-state index contributed by atoms with van der Waals surface area (Å²) in [7, 11) is 0.